The van der Waals surface area contributed by atoms with Crippen molar-refractivity contribution in [3.8, 4) is 0 Å². The van der Waals surface area contributed by atoms with Gasteiger partial charge in [-0.05, 0) is 35.0 Å². The molecule has 0 aliphatic carbocycles. The third-order valence-corrected chi connectivity index (χ3v) is 3.16. The van der Waals surface area contributed by atoms with Crippen LogP contribution in [0.3, 0.4) is 0 Å². The van der Waals surface area contributed by atoms with E-state index in [9.17, 15) is 18.0 Å². The lowest BCUT2D eigenvalue weighted by atomic mass is 10.4. The van der Waals surface area contributed by atoms with Crippen molar-refractivity contribution < 1.29 is 18.0 Å². The van der Waals surface area contributed by atoms with E-state index in [4.69, 9.17) is 0 Å². The van der Waals surface area contributed by atoms with Crippen LogP contribution in [0.15, 0.2) is 22.8 Å². The van der Waals surface area contributed by atoms with Gasteiger partial charge in [-0.1, -0.05) is 0 Å². The van der Waals surface area contributed by atoms with E-state index in [-0.39, 0.29) is 5.82 Å². The number of nitrogens with one attached hydrogen (secondary N) is 1. The number of rotatable bonds is 1. The summed E-state index contributed by atoms with van der Waals surface area (Å²) in [6.45, 7) is 1.77. The van der Waals surface area contributed by atoms with Crippen LogP contribution in [0.4, 0.5) is 19.0 Å². The Morgan fingerprint density at radius 1 is 1.44 bits per heavy atom. The largest absolute Gasteiger partial charge is 0.471 e. The second-order valence-electron chi connectivity index (χ2n) is 3.57. The van der Waals surface area contributed by atoms with Gasteiger partial charge < -0.3 is 9.72 Å². The Morgan fingerprint density at radius 2 is 2.11 bits per heavy atom. The van der Waals surface area contributed by atoms with Gasteiger partial charge in [0.2, 0.25) is 0 Å². The van der Waals surface area contributed by atoms with Crippen LogP contribution in [0, 0.1) is 6.92 Å². The van der Waals surface area contributed by atoms with Crippen molar-refractivity contribution in [1.29, 1.82) is 0 Å². The molecule has 0 unspecified atom stereocenters. The fourth-order valence-electron chi connectivity index (χ4n) is 1.41. The molecule has 0 fully saturated rings. The second kappa shape index (κ2) is 4.27. The van der Waals surface area contributed by atoms with Crippen LogP contribution in [-0.4, -0.2) is 21.5 Å². The Balaban J connectivity index is 2.37. The average Bonchev–Trinajstić information content (AvgIpc) is 2.66. The minimum Gasteiger partial charge on any atom is -0.301 e. The number of fused-ring (bicyclic) bond motifs is 1. The number of aromatic nitrogens is 2. The number of imidazole rings is 1. The summed E-state index contributed by atoms with van der Waals surface area (Å²) in [5, 5.41) is 1.71. The third-order valence-electron chi connectivity index (χ3n) is 2.32. The Morgan fingerprint density at radius 3 is 2.72 bits per heavy atom. The van der Waals surface area contributed by atoms with E-state index in [1.165, 1.54) is 6.20 Å². The Bertz CT molecular complexity index is 621. The minimum absolute atomic E-state index is 0.140. The number of aryl methyl sites for hydroxylation is 1. The molecule has 0 spiro atoms. The van der Waals surface area contributed by atoms with Gasteiger partial charge in [-0.15, -0.1) is 0 Å². The molecule has 0 aliphatic rings. The number of carbonyl (C=O) groups is 1. The molecule has 4 nitrogen and oxygen atoms in total. The second-order valence-corrected chi connectivity index (χ2v) is 4.43. The van der Waals surface area contributed by atoms with Crippen molar-refractivity contribution in [3.05, 3.63) is 28.5 Å². The number of hydrogen-bond donors (Lipinski definition) is 1. The summed E-state index contributed by atoms with van der Waals surface area (Å²) in [4.78, 5) is 14.6. The van der Waals surface area contributed by atoms with Crippen molar-refractivity contribution in [2.45, 2.75) is 13.1 Å². The summed E-state index contributed by atoms with van der Waals surface area (Å²) in [5.41, 5.74) is 1.22. The molecule has 2 aromatic heterocycles. The van der Waals surface area contributed by atoms with E-state index < -0.39 is 12.1 Å². The highest BCUT2D eigenvalue weighted by Crippen LogP contribution is 2.21. The lowest BCUT2D eigenvalue weighted by molar-refractivity contribution is -0.167. The third kappa shape index (κ3) is 2.33. The highest BCUT2D eigenvalue weighted by Gasteiger charge is 2.39. The lowest BCUT2D eigenvalue weighted by Crippen LogP contribution is -2.30. The molecule has 0 saturated carbocycles. The van der Waals surface area contributed by atoms with Gasteiger partial charge in [-0.2, -0.15) is 13.2 Å². The standard InChI is InChI=1S/C10H7BrF3N3O/c1-5-6(11)2-3-8-15-7(4-17(5)8)16-9(18)10(12,13)14/h2-4H,1H3,(H,16,18). The predicted octanol–water partition coefficient (Wildman–Crippen LogP) is 2.91. The molecule has 8 heteroatoms. The molecule has 2 rings (SSSR count). The number of amides is 1. The zero-order valence-corrected chi connectivity index (χ0v) is 10.6. The van der Waals surface area contributed by atoms with E-state index in [0.29, 0.717) is 5.65 Å². The average molecular weight is 322 g/mol. The van der Waals surface area contributed by atoms with Crippen LogP contribution in [0.5, 0.6) is 0 Å². The smallest absolute Gasteiger partial charge is 0.301 e. The van der Waals surface area contributed by atoms with E-state index in [2.05, 4.69) is 20.9 Å². The summed E-state index contributed by atoms with van der Waals surface area (Å²) < 4.78 is 38.6. The van der Waals surface area contributed by atoms with Crippen molar-refractivity contribution >= 4 is 33.3 Å². The van der Waals surface area contributed by atoms with Crippen LogP contribution in [0.25, 0.3) is 5.65 Å². The molecule has 0 atom stereocenters. The van der Waals surface area contributed by atoms with Crippen LogP contribution < -0.4 is 5.32 Å². The molecule has 0 saturated heterocycles. The normalized spacial score (nSPS) is 11.8. The molecule has 0 bridgehead atoms. The van der Waals surface area contributed by atoms with Crippen molar-refractivity contribution in [2.24, 2.45) is 0 Å². The first-order valence-corrected chi connectivity index (χ1v) is 5.61. The molecule has 0 aliphatic heterocycles. The lowest BCUT2D eigenvalue weighted by Gasteiger charge is -2.04. The number of hydrogen-bond acceptors (Lipinski definition) is 2. The molecule has 96 valence electrons. The first kappa shape index (κ1) is 12.9. The summed E-state index contributed by atoms with van der Waals surface area (Å²) in [6.07, 6.45) is -3.59. The summed E-state index contributed by atoms with van der Waals surface area (Å²) in [6, 6.07) is 3.35. The van der Waals surface area contributed by atoms with Crippen LogP contribution in [0.1, 0.15) is 5.69 Å². The highest BCUT2D eigenvalue weighted by molar-refractivity contribution is 9.10. The summed E-state index contributed by atoms with van der Waals surface area (Å²) in [7, 11) is 0. The van der Waals surface area contributed by atoms with Crippen LogP contribution in [0.2, 0.25) is 0 Å². The van der Waals surface area contributed by atoms with Gasteiger partial charge in [0.25, 0.3) is 0 Å². The predicted molar refractivity (Wildman–Crippen MR) is 62.3 cm³/mol. The molecule has 2 heterocycles. The Hall–Kier alpha value is -1.57. The number of nitrogens with zero attached hydrogens (tertiary/aromatic N) is 2. The molecule has 1 amide bonds. The minimum atomic E-state index is -4.93. The molecule has 2 aromatic rings. The van der Waals surface area contributed by atoms with Gasteiger partial charge in [0.15, 0.2) is 5.82 Å². The number of halogens is 4. The van der Waals surface area contributed by atoms with Gasteiger partial charge in [-0.3, -0.25) is 4.79 Å². The Labute approximate surface area is 108 Å². The van der Waals surface area contributed by atoms with Gasteiger partial charge in [-0.25, -0.2) is 4.98 Å². The molecular formula is C10H7BrF3N3O. The van der Waals surface area contributed by atoms with E-state index in [0.717, 1.165) is 10.2 Å². The maximum Gasteiger partial charge on any atom is 0.471 e. The fraction of sp³-hybridized carbons (Fsp3) is 0.200. The number of anilines is 1. The van der Waals surface area contributed by atoms with Gasteiger partial charge >= 0.3 is 12.1 Å². The first-order valence-electron chi connectivity index (χ1n) is 4.81. The van der Waals surface area contributed by atoms with Crippen molar-refractivity contribution in [1.82, 2.24) is 9.38 Å². The van der Waals surface area contributed by atoms with E-state index in [1.54, 1.807) is 28.8 Å². The molecule has 1 N–H and O–H groups in total. The maximum absolute atomic E-state index is 12.1. The molecular weight excluding hydrogens is 315 g/mol. The van der Waals surface area contributed by atoms with E-state index in [1.807, 2.05) is 0 Å². The quantitative estimate of drug-likeness (QED) is 0.877. The topological polar surface area (TPSA) is 46.4 Å². The first-order chi connectivity index (χ1) is 8.29. The van der Waals surface area contributed by atoms with Gasteiger partial charge in [0.1, 0.15) is 5.65 Å². The number of pyridine rings is 1. The molecule has 18 heavy (non-hydrogen) atoms. The SMILES string of the molecule is Cc1c(Br)ccc2nc(NC(=O)C(F)(F)F)cn12. The number of alkyl halides is 3. The van der Waals surface area contributed by atoms with E-state index >= 15 is 0 Å². The number of carbonyl (C=O) groups excluding carboxylic acids is 1. The van der Waals surface area contributed by atoms with Crippen LogP contribution in [-0.2, 0) is 4.79 Å². The van der Waals surface area contributed by atoms with Crippen molar-refractivity contribution in [3.63, 3.8) is 0 Å². The van der Waals surface area contributed by atoms with Crippen molar-refractivity contribution in [2.75, 3.05) is 5.32 Å². The fourth-order valence-corrected chi connectivity index (χ4v) is 1.73. The summed E-state index contributed by atoms with van der Waals surface area (Å²) >= 11 is 3.29. The van der Waals surface area contributed by atoms with Gasteiger partial charge in [0, 0.05) is 10.2 Å². The zero-order chi connectivity index (χ0) is 13.5. The molecule has 0 aromatic carbocycles. The highest BCUT2D eigenvalue weighted by atomic mass is 79.9. The maximum atomic E-state index is 12.1. The Kier molecular flexibility index (Phi) is 3.05. The summed E-state index contributed by atoms with van der Waals surface area (Å²) in [5.74, 6) is -2.18. The monoisotopic (exact) mass is 321 g/mol. The van der Waals surface area contributed by atoms with Gasteiger partial charge in [0.05, 0.1) is 6.20 Å². The zero-order valence-electron chi connectivity index (χ0n) is 9.05. The van der Waals surface area contributed by atoms with Crippen LogP contribution >= 0.6 is 15.9 Å². The molecule has 0 radical (unpaired) electrons.